The zero-order valence-electron chi connectivity index (χ0n) is 17.5. The Kier molecular flexibility index (Phi) is 6.99. The van der Waals surface area contributed by atoms with Crippen molar-refractivity contribution < 1.29 is 19.1 Å². The van der Waals surface area contributed by atoms with E-state index in [1.807, 2.05) is 64.1 Å². The number of amides is 1. The smallest absolute Gasteiger partial charge is 0.437 e. The highest BCUT2D eigenvalue weighted by Gasteiger charge is 2.47. The van der Waals surface area contributed by atoms with Gasteiger partial charge in [-0.15, -0.1) is 0 Å². The van der Waals surface area contributed by atoms with Gasteiger partial charge in [-0.2, -0.15) is 0 Å². The van der Waals surface area contributed by atoms with E-state index >= 15 is 0 Å². The minimum absolute atomic E-state index is 0.132. The predicted molar refractivity (Wildman–Crippen MR) is 115 cm³/mol. The van der Waals surface area contributed by atoms with E-state index in [9.17, 15) is 9.59 Å². The molecule has 152 valence electrons. The van der Waals surface area contributed by atoms with Crippen LogP contribution >= 0.6 is 0 Å². The number of benzene rings is 1. The van der Waals surface area contributed by atoms with Crippen LogP contribution in [0.25, 0.3) is 0 Å². The second-order valence-electron chi connectivity index (χ2n) is 6.65. The molecule has 1 aliphatic heterocycles. The first-order chi connectivity index (χ1) is 13.8. The van der Waals surface area contributed by atoms with E-state index in [0.29, 0.717) is 11.3 Å². The van der Waals surface area contributed by atoms with Crippen molar-refractivity contribution in [1.82, 2.24) is 5.32 Å². The van der Waals surface area contributed by atoms with Gasteiger partial charge in [0, 0.05) is 5.57 Å². The van der Waals surface area contributed by atoms with Crippen LogP contribution in [0.2, 0.25) is 0 Å². The Labute approximate surface area is 172 Å². The highest BCUT2D eigenvalue weighted by atomic mass is 16.7. The molecule has 1 fully saturated rings. The minimum Gasteiger partial charge on any atom is -0.437 e. The molecule has 1 aliphatic rings. The van der Waals surface area contributed by atoms with Gasteiger partial charge >= 0.3 is 6.16 Å². The van der Waals surface area contributed by atoms with Crippen LogP contribution in [0.5, 0.6) is 5.75 Å². The van der Waals surface area contributed by atoms with Crippen molar-refractivity contribution in [3.05, 3.63) is 89.1 Å². The van der Waals surface area contributed by atoms with Gasteiger partial charge in [0.25, 0.3) is 5.91 Å². The lowest BCUT2D eigenvalue weighted by atomic mass is 9.76. The molecule has 1 aromatic rings. The predicted octanol–water partition coefficient (Wildman–Crippen LogP) is 5.13. The van der Waals surface area contributed by atoms with Gasteiger partial charge in [-0.05, 0) is 56.5 Å². The standard InChI is InChI=1S/C24H27NO4/c1-7-16(4)10-11-17(5)24(21(9-3)20(8-2)22(26)25-24)18-12-14-19(15-13-18)29-23(27)28-6/h7-15H,1H2,2-6H3,(H,25,26)/b16-10-,17-11+,20-8+,21-9+. The summed E-state index contributed by atoms with van der Waals surface area (Å²) in [5, 5.41) is 3.17. The molecular formula is C24H27NO4. The number of carbonyl (C=O) groups excluding carboxylic acids is 2. The van der Waals surface area contributed by atoms with E-state index in [4.69, 9.17) is 4.74 Å². The van der Waals surface area contributed by atoms with Gasteiger partial charge in [0.05, 0.1) is 7.11 Å². The van der Waals surface area contributed by atoms with E-state index in [0.717, 1.165) is 22.3 Å². The van der Waals surface area contributed by atoms with Crippen LogP contribution in [0, 0.1) is 0 Å². The number of carbonyl (C=O) groups is 2. The molecule has 5 nitrogen and oxygen atoms in total. The monoisotopic (exact) mass is 393 g/mol. The van der Waals surface area contributed by atoms with Crippen molar-refractivity contribution in [3.8, 4) is 5.75 Å². The summed E-state index contributed by atoms with van der Waals surface area (Å²) in [6.45, 7) is 11.5. The molecule has 0 radical (unpaired) electrons. The maximum atomic E-state index is 12.7. The van der Waals surface area contributed by atoms with Crippen LogP contribution in [0.1, 0.15) is 33.3 Å². The maximum absolute atomic E-state index is 12.7. The van der Waals surface area contributed by atoms with Crippen LogP contribution in [0.3, 0.4) is 0 Å². The molecule has 0 spiro atoms. The third-order valence-electron chi connectivity index (χ3n) is 4.98. The lowest BCUT2D eigenvalue weighted by molar-refractivity contribution is -0.117. The molecule has 0 aromatic heterocycles. The number of allylic oxidation sites excluding steroid dienone is 6. The molecule has 1 heterocycles. The van der Waals surface area contributed by atoms with Crippen LogP contribution < -0.4 is 10.1 Å². The maximum Gasteiger partial charge on any atom is 0.513 e. The summed E-state index contributed by atoms with van der Waals surface area (Å²) in [7, 11) is 1.25. The summed E-state index contributed by atoms with van der Waals surface area (Å²) in [6.07, 6.45) is 8.71. The molecule has 29 heavy (non-hydrogen) atoms. The molecule has 2 rings (SSSR count). The molecule has 1 N–H and O–H groups in total. The van der Waals surface area contributed by atoms with Gasteiger partial charge in [0.2, 0.25) is 0 Å². The largest absolute Gasteiger partial charge is 0.513 e. The Hall–Kier alpha value is -3.34. The lowest BCUT2D eigenvalue weighted by Crippen LogP contribution is -2.41. The average Bonchev–Trinajstić information content (AvgIpc) is 3.04. The van der Waals surface area contributed by atoms with Crippen LogP contribution in [-0.2, 0) is 15.1 Å². The fraction of sp³-hybridized carbons (Fsp3) is 0.250. The van der Waals surface area contributed by atoms with Crippen molar-refractivity contribution in [3.63, 3.8) is 0 Å². The van der Waals surface area contributed by atoms with Gasteiger partial charge in [-0.25, -0.2) is 4.79 Å². The van der Waals surface area contributed by atoms with Crippen molar-refractivity contribution in [2.45, 2.75) is 33.2 Å². The number of hydrogen-bond donors (Lipinski definition) is 1. The third-order valence-corrected chi connectivity index (χ3v) is 4.98. The first-order valence-electron chi connectivity index (χ1n) is 9.34. The SMILES string of the molecule is C=C/C(C)=C\C=C(/C)C1(c2ccc(OC(=O)OC)cc2)NC(=O)C(=C/C)/C1=C\C. The number of ether oxygens (including phenoxy) is 2. The van der Waals surface area contributed by atoms with Gasteiger partial charge in [-0.3, -0.25) is 4.79 Å². The summed E-state index contributed by atoms with van der Waals surface area (Å²) in [5.41, 5.74) is 3.50. The van der Waals surface area contributed by atoms with E-state index in [-0.39, 0.29) is 5.91 Å². The summed E-state index contributed by atoms with van der Waals surface area (Å²) in [4.78, 5) is 24.1. The first-order valence-corrected chi connectivity index (χ1v) is 9.34. The molecule has 5 heteroatoms. The molecule has 1 aromatic carbocycles. The molecule has 0 bridgehead atoms. The van der Waals surface area contributed by atoms with Crippen LogP contribution in [-0.4, -0.2) is 19.2 Å². The normalized spacial score (nSPS) is 22.6. The van der Waals surface area contributed by atoms with Crippen molar-refractivity contribution in [2.24, 2.45) is 0 Å². The molecular weight excluding hydrogens is 366 g/mol. The fourth-order valence-corrected chi connectivity index (χ4v) is 3.41. The topological polar surface area (TPSA) is 64.6 Å². The van der Waals surface area contributed by atoms with Crippen LogP contribution in [0.15, 0.2) is 83.5 Å². The van der Waals surface area contributed by atoms with Crippen molar-refractivity contribution >= 4 is 12.1 Å². The molecule has 1 amide bonds. The van der Waals surface area contributed by atoms with E-state index in [1.165, 1.54) is 7.11 Å². The summed E-state index contributed by atoms with van der Waals surface area (Å²) >= 11 is 0. The van der Waals surface area contributed by atoms with Gasteiger partial charge in [0.15, 0.2) is 0 Å². The average molecular weight is 393 g/mol. The number of methoxy groups -OCH3 is 1. The molecule has 1 unspecified atom stereocenters. The van der Waals surface area contributed by atoms with Gasteiger partial charge < -0.3 is 14.8 Å². The summed E-state index contributed by atoms with van der Waals surface area (Å²) in [6, 6.07) is 7.03. The fourth-order valence-electron chi connectivity index (χ4n) is 3.41. The van der Waals surface area contributed by atoms with Crippen molar-refractivity contribution in [2.75, 3.05) is 7.11 Å². The summed E-state index contributed by atoms with van der Waals surface area (Å²) < 4.78 is 9.60. The van der Waals surface area contributed by atoms with E-state index < -0.39 is 11.7 Å². The molecule has 0 saturated carbocycles. The third kappa shape index (κ3) is 4.24. The highest BCUT2D eigenvalue weighted by molar-refractivity contribution is 6.04. The second-order valence-corrected chi connectivity index (χ2v) is 6.65. The highest BCUT2D eigenvalue weighted by Crippen LogP contribution is 2.45. The minimum atomic E-state index is -0.824. The Bertz CT molecular complexity index is 932. The molecule has 0 aliphatic carbocycles. The second kappa shape index (κ2) is 9.24. The molecule has 1 atom stereocenters. The number of hydrogen-bond acceptors (Lipinski definition) is 4. The summed E-state index contributed by atoms with van der Waals surface area (Å²) in [5.74, 6) is 0.227. The number of nitrogens with one attached hydrogen (secondary N) is 1. The molecule has 1 saturated heterocycles. The van der Waals surface area contributed by atoms with E-state index in [2.05, 4.69) is 16.6 Å². The van der Waals surface area contributed by atoms with Gasteiger partial charge in [0.1, 0.15) is 11.3 Å². The zero-order valence-corrected chi connectivity index (χ0v) is 17.5. The first kappa shape index (κ1) is 22.0. The number of rotatable bonds is 5. The Morgan fingerprint density at radius 3 is 2.28 bits per heavy atom. The van der Waals surface area contributed by atoms with E-state index in [1.54, 1.807) is 18.2 Å². The zero-order chi connectivity index (χ0) is 21.6. The quantitative estimate of drug-likeness (QED) is 0.326. The Balaban J connectivity index is 2.65. The van der Waals surface area contributed by atoms with Crippen molar-refractivity contribution in [1.29, 1.82) is 0 Å². The lowest BCUT2D eigenvalue weighted by Gasteiger charge is -2.33. The Morgan fingerprint density at radius 1 is 1.10 bits per heavy atom. The van der Waals surface area contributed by atoms with Crippen LogP contribution in [0.4, 0.5) is 4.79 Å². The Morgan fingerprint density at radius 2 is 1.76 bits per heavy atom. The van der Waals surface area contributed by atoms with Gasteiger partial charge in [-0.1, -0.05) is 54.7 Å².